The lowest BCUT2D eigenvalue weighted by Crippen LogP contribution is -2.35. The van der Waals surface area contributed by atoms with Crippen LogP contribution in [0.2, 0.25) is 0 Å². The zero-order valence-electron chi connectivity index (χ0n) is 9.18. The van der Waals surface area contributed by atoms with Crippen LogP contribution in [0.4, 0.5) is 0 Å². The van der Waals surface area contributed by atoms with Gasteiger partial charge in [-0.1, -0.05) is 30.3 Å². The highest BCUT2D eigenvalue weighted by Gasteiger charge is 2.57. The summed E-state index contributed by atoms with van der Waals surface area (Å²) < 4.78 is 0. The van der Waals surface area contributed by atoms with E-state index in [0.29, 0.717) is 19.4 Å². The topological polar surface area (TPSA) is 75.6 Å². The average molecular weight is 232 g/mol. The second kappa shape index (κ2) is 4.45. The molecular weight excluding hydrogens is 220 g/mol. The third kappa shape index (κ3) is 2.22. The molecule has 5 heteroatoms. The summed E-state index contributed by atoms with van der Waals surface area (Å²) in [6.07, 6.45) is 0.830. The first-order valence-corrected chi connectivity index (χ1v) is 5.39. The number of nitroso groups, excluding NO2 is 1. The Morgan fingerprint density at radius 2 is 1.88 bits per heavy atom. The second-order valence-corrected chi connectivity index (χ2v) is 4.15. The van der Waals surface area contributed by atoms with E-state index in [9.17, 15) is 14.5 Å². The van der Waals surface area contributed by atoms with E-state index in [1.165, 1.54) is 0 Å². The number of amides is 2. The van der Waals surface area contributed by atoms with Crippen LogP contribution in [0.25, 0.3) is 0 Å². The summed E-state index contributed by atoms with van der Waals surface area (Å²) in [5, 5.41) is 5.01. The molecule has 1 N–H and O–H groups in total. The molecule has 88 valence electrons. The maximum Gasteiger partial charge on any atom is 0.301 e. The van der Waals surface area contributed by atoms with Crippen molar-refractivity contribution in [2.75, 3.05) is 0 Å². The number of hydrogen-bond acceptors (Lipinski definition) is 3. The molecule has 1 aliphatic rings. The lowest BCUT2D eigenvalue weighted by molar-refractivity contribution is -0.135. The van der Waals surface area contributed by atoms with E-state index in [1.807, 2.05) is 30.3 Å². The van der Waals surface area contributed by atoms with E-state index in [4.69, 9.17) is 0 Å². The van der Waals surface area contributed by atoms with E-state index in [2.05, 4.69) is 10.5 Å². The third-order valence-corrected chi connectivity index (χ3v) is 2.97. The summed E-state index contributed by atoms with van der Waals surface area (Å²) in [7, 11) is 0. The minimum Gasteiger partial charge on any atom is -0.351 e. The number of hydrogen-bond donors (Lipinski definition) is 1. The van der Waals surface area contributed by atoms with Crippen LogP contribution >= 0.6 is 0 Å². The van der Waals surface area contributed by atoms with Crippen molar-refractivity contribution < 1.29 is 9.59 Å². The van der Waals surface area contributed by atoms with Crippen molar-refractivity contribution in [3.63, 3.8) is 0 Å². The Hall–Kier alpha value is -2.04. The normalized spacial score (nSPS) is 16.0. The molecule has 0 atom stereocenters. The monoisotopic (exact) mass is 232 g/mol. The standard InChI is InChI=1S/C12H12N2O3/c15-10(12(6-7-12)11(16)14-17)13-8-9-4-2-1-3-5-9/h1-5H,6-8H2,(H,13,15). The Morgan fingerprint density at radius 3 is 2.41 bits per heavy atom. The number of carbonyl (C=O) groups excluding carboxylic acids is 2. The van der Waals surface area contributed by atoms with Gasteiger partial charge < -0.3 is 5.32 Å². The van der Waals surface area contributed by atoms with Gasteiger partial charge in [0.1, 0.15) is 5.41 Å². The maximum absolute atomic E-state index is 11.8. The summed E-state index contributed by atoms with van der Waals surface area (Å²) >= 11 is 0. The van der Waals surface area contributed by atoms with Crippen molar-refractivity contribution in [1.82, 2.24) is 5.32 Å². The minimum absolute atomic E-state index is 0.355. The van der Waals surface area contributed by atoms with Gasteiger partial charge in [0.05, 0.1) is 0 Å². The van der Waals surface area contributed by atoms with Gasteiger partial charge in [-0.05, 0) is 18.4 Å². The first-order valence-electron chi connectivity index (χ1n) is 5.39. The van der Waals surface area contributed by atoms with Crippen LogP contribution in [0.3, 0.4) is 0 Å². The highest BCUT2D eigenvalue weighted by Crippen LogP contribution is 2.47. The molecule has 17 heavy (non-hydrogen) atoms. The van der Waals surface area contributed by atoms with Crippen LogP contribution in [0.5, 0.6) is 0 Å². The largest absolute Gasteiger partial charge is 0.351 e. The fourth-order valence-electron chi connectivity index (χ4n) is 1.70. The molecule has 0 aromatic heterocycles. The van der Waals surface area contributed by atoms with Crippen LogP contribution in [0.1, 0.15) is 18.4 Å². The van der Waals surface area contributed by atoms with E-state index in [1.54, 1.807) is 0 Å². The number of nitrogens with zero attached hydrogens (tertiary/aromatic N) is 1. The van der Waals surface area contributed by atoms with Gasteiger partial charge in [0.2, 0.25) is 5.91 Å². The van der Waals surface area contributed by atoms with Crippen molar-refractivity contribution in [2.45, 2.75) is 19.4 Å². The van der Waals surface area contributed by atoms with Gasteiger partial charge in [0, 0.05) is 11.7 Å². The molecule has 0 saturated heterocycles. The first-order chi connectivity index (χ1) is 8.19. The van der Waals surface area contributed by atoms with E-state index < -0.39 is 17.2 Å². The molecule has 5 nitrogen and oxygen atoms in total. The lowest BCUT2D eigenvalue weighted by atomic mass is 10.1. The predicted molar refractivity (Wildman–Crippen MR) is 60.8 cm³/mol. The van der Waals surface area contributed by atoms with Gasteiger partial charge in [-0.3, -0.25) is 9.59 Å². The quantitative estimate of drug-likeness (QED) is 0.629. The van der Waals surface area contributed by atoms with E-state index in [0.717, 1.165) is 5.56 Å². The average Bonchev–Trinajstić information content (AvgIpc) is 3.17. The van der Waals surface area contributed by atoms with Gasteiger partial charge in [-0.2, -0.15) is 0 Å². The number of benzene rings is 1. The Balaban J connectivity index is 1.95. The van der Waals surface area contributed by atoms with E-state index in [-0.39, 0.29) is 0 Å². The van der Waals surface area contributed by atoms with Crippen molar-refractivity contribution in [1.29, 1.82) is 0 Å². The number of carbonyl (C=O) groups is 2. The summed E-state index contributed by atoms with van der Waals surface area (Å²) in [5.74, 6) is -1.26. The molecule has 1 saturated carbocycles. The molecule has 1 aliphatic carbocycles. The molecule has 1 aromatic carbocycles. The number of nitrogens with one attached hydrogen (secondary N) is 1. The molecule has 0 bridgehead atoms. The first kappa shape index (κ1) is 11.4. The molecule has 0 heterocycles. The van der Waals surface area contributed by atoms with Gasteiger partial charge in [0.15, 0.2) is 0 Å². The Kier molecular flexibility index (Phi) is 2.99. The molecule has 2 amide bonds. The van der Waals surface area contributed by atoms with Crippen molar-refractivity contribution in [3.05, 3.63) is 40.8 Å². The number of rotatable bonds is 4. The SMILES string of the molecule is O=NC(=O)C1(C(=O)NCc2ccccc2)CC1. The van der Waals surface area contributed by atoms with Crippen LogP contribution in [0, 0.1) is 10.3 Å². The third-order valence-electron chi connectivity index (χ3n) is 2.97. The molecule has 2 rings (SSSR count). The van der Waals surface area contributed by atoms with E-state index >= 15 is 0 Å². The molecule has 0 spiro atoms. The Morgan fingerprint density at radius 1 is 1.24 bits per heavy atom. The molecular formula is C12H12N2O3. The van der Waals surface area contributed by atoms with Gasteiger partial charge in [0.25, 0.3) is 0 Å². The highest BCUT2D eigenvalue weighted by molar-refractivity contribution is 6.08. The zero-order chi connectivity index (χ0) is 12.3. The predicted octanol–water partition coefficient (Wildman–Crippen LogP) is 1.38. The van der Waals surface area contributed by atoms with Crippen LogP contribution in [0.15, 0.2) is 35.5 Å². The summed E-state index contributed by atoms with van der Waals surface area (Å²) in [5.41, 5.74) is -0.223. The molecule has 1 fully saturated rings. The van der Waals surface area contributed by atoms with Crippen molar-refractivity contribution in [3.8, 4) is 0 Å². The van der Waals surface area contributed by atoms with Crippen LogP contribution in [-0.4, -0.2) is 11.8 Å². The second-order valence-electron chi connectivity index (χ2n) is 4.15. The smallest absolute Gasteiger partial charge is 0.301 e. The molecule has 0 unspecified atom stereocenters. The Bertz CT molecular complexity index is 452. The summed E-state index contributed by atoms with van der Waals surface area (Å²) in [6, 6.07) is 9.37. The highest BCUT2D eigenvalue weighted by atomic mass is 16.3. The van der Waals surface area contributed by atoms with Crippen molar-refractivity contribution in [2.24, 2.45) is 10.6 Å². The summed E-state index contributed by atoms with van der Waals surface area (Å²) in [6.45, 7) is 0.355. The van der Waals surface area contributed by atoms with Gasteiger partial charge in [-0.25, -0.2) is 0 Å². The van der Waals surface area contributed by atoms with Crippen LogP contribution in [-0.2, 0) is 16.1 Å². The van der Waals surface area contributed by atoms with Crippen molar-refractivity contribution >= 4 is 11.8 Å². The van der Waals surface area contributed by atoms with Crippen LogP contribution < -0.4 is 5.32 Å². The van der Waals surface area contributed by atoms with Gasteiger partial charge in [-0.15, -0.1) is 4.91 Å². The fourth-order valence-corrected chi connectivity index (χ4v) is 1.70. The minimum atomic E-state index is -1.17. The molecule has 0 radical (unpaired) electrons. The Labute approximate surface area is 98.2 Å². The van der Waals surface area contributed by atoms with Gasteiger partial charge >= 0.3 is 5.91 Å². The molecule has 1 aromatic rings. The lowest BCUT2D eigenvalue weighted by Gasteiger charge is -2.10. The maximum atomic E-state index is 11.8. The summed E-state index contributed by atoms with van der Waals surface area (Å²) in [4.78, 5) is 33.2. The molecule has 0 aliphatic heterocycles. The fraction of sp³-hybridized carbons (Fsp3) is 0.333. The zero-order valence-corrected chi connectivity index (χ0v) is 9.18.